The van der Waals surface area contributed by atoms with Crippen LogP contribution in [-0.2, 0) is 19.1 Å². The number of likely N-dealkylation sites (tertiary alicyclic amines) is 1. The molecule has 204 valence electrons. The molecule has 2 fully saturated rings. The highest BCUT2D eigenvalue weighted by molar-refractivity contribution is 6.31. The first-order valence-corrected chi connectivity index (χ1v) is 13.3. The third-order valence-corrected chi connectivity index (χ3v) is 7.92. The summed E-state index contributed by atoms with van der Waals surface area (Å²) in [6.07, 6.45) is -1.58. The molecule has 3 aliphatic rings. The first kappa shape index (κ1) is 26.8. The topological polar surface area (TPSA) is 80.5 Å². The summed E-state index contributed by atoms with van der Waals surface area (Å²) >= 11 is 6.01. The normalized spacial score (nSPS) is 22.3. The lowest BCUT2D eigenvalue weighted by atomic mass is 10.0. The summed E-state index contributed by atoms with van der Waals surface area (Å²) in [5, 5.41) is 12.2. The fraction of sp³-hybridized carbons (Fsp3) is 0.577. The van der Waals surface area contributed by atoms with E-state index in [2.05, 4.69) is 28.2 Å². The maximum atomic E-state index is 13.9. The molecule has 0 bridgehead atoms. The number of likely N-dealkylation sites (N-methyl/N-ethyl adjacent to an activating group) is 1. The zero-order chi connectivity index (χ0) is 26.9. The van der Waals surface area contributed by atoms with E-state index in [0.717, 1.165) is 30.8 Å². The molecule has 4 heterocycles. The number of hydrogen-bond donors (Lipinski definition) is 1. The predicted molar refractivity (Wildman–Crippen MR) is 139 cm³/mol. The van der Waals surface area contributed by atoms with E-state index >= 15 is 0 Å². The molecule has 2 aromatic rings. The van der Waals surface area contributed by atoms with Crippen LogP contribution in [0.2, 0.25) is 5.02 Å². The van der Waals surface area contributed by atoms with Crippen LogP contribution < -0.4 is 19.9 Å². The molecule has 0 aliphatic carbocycles. The molecular weight excluding hydrogens is 519 g/mol. The minimum absolute atomic E-state index is 0.0109. The summed E-state index contributed by atoms with van der Waals surface area (Å²) in [7, 11) is 2.07. The highest BCUT2D eigenvalue weighted by Gasteiger charge is 2.38. The van der Waals surface area contributed by atoms with Crippen LogP contribution in [0.25, 0.3) is 0 Å². The molecule has 38 heavy (non-hydrogen) atoms. The molecule has 5 rings (SSSR count). The maximum absolute atomic E-state index is 13.9. The van der Waals surface area contributed by atoms with Crippen molar-refractivity contribution in [2.45, 2.75) is 50.5 Å². The number of aromatic nitrogens is 2. The summed E-state index contributed by atoms with van der Waals surface area (Å²) in [6.45, 7) is 4.03. The molecule has 8 nitrogen and oxygen atoms in total. The minimum Gasteiger partial charge on any atom is -0.462 e. The second kappa shape index (κ2) is 11.1. The average molecular weight is 550 g/mol. The number of nitriles is 1. The van der Waals surface area contributed by atoms with Crippen molar-refractivity contribution in [3.63, 3.8) is 0 Å². The predicted octanol–water partition coefficient (Wildman–Crippen LogP) is 3.88. The van der Waals surface area contributed by atoms with Crippen molar-refractivity contribution >= 4 is 23.1 Å². The Morgan fingerprint density at radius 2 is 2.05 bits per heavy atom. The number of alkyl halides is 3. The van der Waals surface area contributed by atoms with Crippen LogP contribution in [0.15, 0.2) is 18.2 Å². The van der Waals surface area contributed by atoms with Crippen molar-refractivity contribution in [2.75, 3.05) is 56.2 Å². The molecule has 0 saturated carbocycles. The van der Waals surface area contributed by atoms with Gasteiger partial charge in [0.25, 0.3) is 0 Å². The number of rotatable bonds is 6. The molecule has 12 heteroatoms. The number of benzene rings is 1. The number of anilines is 2. The number of nitrogens with one attached hydrogen (secondary N) is 1. The van der Waals surface area contributed by atoms with Gasteiger partial charge in [-0.05, 0) is 45.0 Å². The molecule has 1 aromatic carbocycles. The summed E-state index contributed by atoms with van der Waals surface area (Å²) in [4.78, 5) is 15.6. The molecule has 0 amide bonds. The zero-order valence-electron chi connectivity index (χ0n) is 21.3. The largest absolute Gasteiger partial charge is 0.462 e. The van der Waals surface area contributed by atoms with Crippen LogP contribution in [-0.4, -0.2) is 73.3 Å². The third-order valence-electron chi connectivity index (χ3n) is 7.61. The van der Waals surface area contributed by atoms with Gasteiger partial charge in [-0.25, -0.2) is 0 Å². The number of hydrogen-bond acceptors (Lipinski definition) is 8. The van der Waals surface area contributed by atoms with Gasteiger partial charge in [0.2, 0.25) is 0 Å². The van der Waals surface area contributed by atoms with Gasteiger partial charge in [-0.3, -0.25) is 0 Å². The van der Waals surface area contributed by atoms with E-state index in [9.17, 15) is 18.4 Å². The van der Waals surface area contributed by atoms with E-state index in [0.29, 0.717) is 51.3 Å². The summed E-state index contributed by atoms with van der Waals surface area (Å²) in [5.74, 6) is 0.746. The van der Waals surface area contributed by atoms with E-state index < -0.39 is 11.7 Å². The van der Waals surface area contributed by atoms with Gasteiger partial charge in [-0.1, -0.05) is 17.7 Å². The summed E-state index contributed by atoms with van der Waals surface area (Å²) in [5.41, 5.74) is 0.781. The molecule has 2 unspecified atom stereocenters. The number of nitrogens with zero attached hydrogens (tertiary/aromatic N) is 6. The van der Waals surface area contributed by atoms with Gasteiger partial charge < -0.3 is 24.8 Å². The maximum Gasteiger partial charge on any atom is 0.419 e. The first-order valence-electron chi connectivity index (χ1n) is 12.9. The van der Waals surface area contributed by atoms with Crippen molar-refractivity contribution < 1.29 is 17.9 Å². The van der Waals surface area contributed by atoms with Crippen LogP contribution in [0.5, 0.6) is 6.01 Å². The van der Waals surface area contributed by atoms with Crippen LogP contribution in [0.1, 0.15) is 36.1 Å². The van der Waals surface area contributed by atoms with E-state index in [1.165, 1.54) is 18.2 Å². The highest BCUT2D eigenvalue weighted by atomic mass is 35.5. The third kappa shape index (κ3) is 5.63. The van der Waals surface area contributed by atoms with Crippen molar-refractivity contribution in [3.05, 3.63) is 40.0 Å². The van der Waals surface area contributed by atoms with Gasteiger partial charge in [-0.2, -0.15) is 28.4 Å². The summed E-state index contributed by atoms with van der Waals surface area (Å²) < 4.78 is 47.8. The van der Waals surface area contributed by atoms with Gasteiger partial charge in [0.05, 0.1) is 41.0 Å². The Morgan fingerprint density at radius 1 is 1.21 bits per heavy atom. The van der Waals surface area contributed by atoms with Crippen LogP contribution in [0, 0.1) is 11.3 Å². The SMILES string of the molecule is CN1CCCC1COc1nc2c(c(N3CCNC(CC#N)C3)n1)CCN(c1cccc(Cl)c1C(F)(F)F)C2. The van der Waals surface area contributed by atoms with Crippen LogP contribution in [0.4, 0.5) is 24.7 Å². The monoisotopic (exact) mass is 549 g/mol. The Balaban J connectivity index is 1.47. The second-order valence-electron chi connectivity index (χ2n) is 10.1. The molecule has 1 aromatic heterocycles. The van der Waals surface area contributed by atoms with E-state index in [-0.39, 0.29) is 35.3 Å². The molecule has 2 saturated heterocycles. The molecule has 0 radical (unpaired) electrons. The first-order chi connectivity index (χ1) is 18.2. The Kier molecular flexibility index (Phi) is 7.84. The Hall–Kier alpha value is -2.81. The molecule has 0 spiro atoms. The number of halogens is 4. The highest BCUT2D eigenvalue weighted by Crippen LogP contribution is 2.42. The fourth-order valence-electron chi connectivity index (χ4n) is 5.60. The number of ether oxygens (including phenoxy) is 1. The van der Waals surface area contributed by atoms with Crippen molar-refractivity contribution in [1.82, 2.24) is 20.2 Å². The van der Waals surface area contributed by atoms with Gasteiger partial charge in [-0.15, -0.1) is 0 Å². The van der Waals surface area contributed by atoms with E-state index in [4.69, 9.17) is 26.3 Å². The fourth-order valence-corrected chi connectivity index (χ4v) is 5.88. The number of fused-ring (bicyclic) bond motifs is 1. The van der Waals surface area contributed by atoms with Gasteiger partial charge in [0.1, 0.15) is 12.4 Å². The van der Waals surface area contributed by atoms with Crippen LogP contribution in [0.3, 0.4) is 0 Å². The van der Waals surface area contributed by atoms with Crippen molar-refractivity contribution in [2.24, 2.45) is 0 Å². The van der Waals surface area contributed by atoms with Gasteiger partial charge in [0, 0.05) is 43.8 Å². The van der Waals surface area contributed by atoms with E-state index in [1.807, 2.05) is 0 Å². The Bertz CT molecular complexity index is 1200. The lowest BCUT2D eigenvalue weighted by Crippen LogP contribution is -2.51. The second-order valence-corrected chi connectivity index (χ2v) is 10.5. The lowest BCUT2D eigenvalue weighted by molar-refractivity contribution is -0.137. The number of piperazine rings is 1. The molecular formula is C26H31ClF3N7O. The Labute approximate surface area is 225 Å². The zero-order valence-corrected chi connectivity index (χ0v) is 22.0. The van der Waals surface area contributed by atoms with Crippen molar-refractivity contribution in [3.8, 4) is 12.1 Å². The Morgan fingerprint density at radius 3 is 2.79 bits per heavy atom. The van der Waals surface area contributed by atoms with Gasteiger partial charge in [0.15, 0.2) is 0 Å². The standard InChI is InChI=1S/C26H31ClF3N7O/c1-35-11-3-4-18(35)16-38-25-33-21-15-36(22-6-2-5-20(27)23(22)26(28,29)30)12-8-19(21)24(34-25)37-13-10-32-17(14-37)7-9-31/h2,5-6,17-18,32H,3-4,7-8,10-16H2,1H3. The van der Waals surface area contributed by atoms with Crippen molar-refractivity contribution in [1.29, 1.82) is 5.26 Å². The average Bonchev–Trinajstić information content (AvgIpc) is 3.30. The molecule has 3 aliphatic heterocycles. The van der Waals surface area contributed by atoms with Gasteiger partial charge >= 0.3 is 12.2 Å². The van der Waals surface area contributed by atoms with E-state index in [1.54, 1.807) is 4.90 Å². The smallest absolute Gasteiger partial charge is 0.419 e. The quantitative estimate of drug-likeness (QED) is 0.582. The summed E-state index contributed by atoms with van der Waals surface area (Å²) in [6, 6.07) is 7.00. The minimum atomic E-state index is -4.58. The lowest BCUT2D eigenvalue weighted by Gasteiger charge is -2.37. The molecule has 2 atom stereocenters. The van der Waals surface area contributed by atoms with Crippen LogP contribution >= 0.6 is 11.6 Å². The molecule has 1 N–H and O–H groups in total.